The quantitative estimate of drug-likeness (QED) is 0.662. The van der Waals surface area contributed by atoms with Crippen molar-refractivity contribution in [2.45, 2.75) is 31.8 Å². The molecular formula is C10H13N5O4. The normalized spacial score (nSPS) is 27.2. The van der Waals surface area contributed by atoms with Crippen molar-refractivity contribution in [2.75, 3.05) is 6.61 Å². The smallest absolute Gasteiger partial charge is 0.354 e. The van der Waals surface area contributed by atoms with Crippen LogP contribution in [0, 0.1) is 6.92 Å². The molecule has 2 aromatic heterocycles. The Morgan fingerprint density at radius 2 is 2.37 bits per heavy atom. The lowest BCUT2D eigenvalue weighted by Crippen LogP contribution is -2.31. The molecule has 2 aromatic rings. The van der Waals surface area contributed by atoms with Crippen molar-refractivity contribution in [3.8, 4) is 0 Å². The molecule has 3 rings (SSSR count). The molecule has 0 amide bonds. The van der Waals surface area contributed by atoms with Crippen LogP contribution in [0.3, 0.4) is 0 Å². The van der Waals surface area contributed by atoms with E-state index < -0.39 is 24.1 Å². The Morgan fingerprint density at radius 3 is 3.05 bits per heavy atom. The molecule has 9 heteroatoms. The monoisotopic (exact) mass is 267 g/mol. The van der Waals surface area contributed by atoms with Crippen molar-refractivity contribution in [3.05, 3.63) is 22.2 Å². The first-order valence-electron chi connectivity index (χ1n) is 5.86. The fraction of sp³-hybridized carbons (Fsp3) is 0.600. The minimum Gasteiger partial charge on any atom is -0.394 e. The van der Waals surface area contributed by atoms with Gasteiger partial charge in [0, 0.05) is 18.2 Å². The summed E-state index contributed by atoms with van der Waals surface area (Å²) in [6.45, 7) is 1.48. The molecule has 0 aromatic carbocycles. The summed E-state index contributed by atoms with van der Waals surface area (Å²) in [5.41, 5.74) is 0.662. The van der Waals surface area contributed by atoms with Gasteiger partial charge in [-0.05, 0) is 17.4 Å². The zero-order chi connectivity index (χ0) is 13.6. The van der Waals surface area contributed by atoms with E-state index in [9.17, 15) is 9.90 Å². The van der Waals surface area contributed by atoms with E-state index in [1.807, 2.05) is 0 Å². The van der Waals surface area contributed by atoms with Crippen molar-refractivity contribution in [3.63, 3.8) is 0 Å². The minimum atomic E-state index is -0.799. The third-order valence-electron chi connectivity index (χ3n) is 3.25. The molecule has 0 spiro atoms. The van der Waals surface area contributed by atoms with Gasteiger partial charge in [-0.1, -0.05) is 0 Å². The molecule has 0 radical (unpaired) electrons. The summed E-state index contributed by atoms with van der Waals surface area (Å²) >= 11 is 0. The number of hydrogen-bond donors (Lipinski definition) is 2. The van der Waals surface area contributed by atoms with Gasteiger partial charge in [-0.3, -0.25) is 4.57 Å². The van der Waals surface area contributed by atoms with E-state index in [1.165, 1.54) is 4.57 Å². The van der Waals surface area contributed by atoms with Gasteiger partial charge in [0.2, 0.25) is 0 Å². The van der Waals surface area contributed by atoms with Gasteiger partial charge in [0.1, 0.15) is 12.3 Å². The average molecular weight is 267 g/mol. The highest BCUT2D eigenvalue weighted by atomic mass is 16.5. The van der Waals surface area contributed by atoms with Gasteiger partial charge in [0.25, 0.3) is 0 Å². The van der Waals surface area contributed by atoms with E-state index in [-0.39, 0.29) is 13.0 Å². The zero-order valence-corrected chi connectivity index (χ0v) is 10.2. The highest BCUT2D eigenvalue weighted by Gasteiger charge is 2.35. The maximum Gasteiger partial charge on any atom is 0.354 e. The summed E-state index contributed by atoms with van der Waals surface area (Å²) in [6, 6.07) is 0. The van der Waals surface area contributed by atoms with Crippen molar-refractivity contribution in [1.29, 1.82) is 0 Å². The summed E-state index contributed by atoms with van der Waals surface area (Å²) < 4.78 is 7.86. The van der Waals surface area contributed by atoms with Crippen LogP contribution in [0.2, 0.25) is 0 Å². The lowest BCUT2D eigenvalue weighted by atomic mass is 10.2. The fourth-order valence-corrected chi connectivity index (χ4v) is 2.25. The third kappa shape index (κ3) is 1.82. The van der Waals surface area contributed by atoms with Gasteiger partial charge in [-0.15, -0.1) is 9.61 Å². The van der Waals surface area contributed by atoms with Gasteiger partial charge in [-0.25, -0.2) is 4.79 Å². The second-order valence-corrected chi connectivity index (χ2v) is 4.53. The van der Waals surface area contributed by atoms with Crippen LogP contribution in [-0.2, 0) is 4.74 Å². The van der Waals surface area contributed by atoms with Gasteiger partial charge in [0.15, 0.2) is 5.65 Å². The van der Waals surface area contributed by atoms with Gasteiger partial charge in [0.05, 0.1) is 12.7 Å². The Bertz CT molecular complexity index is 665. The van der Waals surface area contributed by atoms with Crippen LogP contribution in [0.5, 0.6) is 0 Å². The first kappa shape index (κ1) is 12.2. The first-order chi connectivity index (χ1) is 9.11. The second-order valence-electron chi connectivity index (χ2n) is 4.53. The van der Waals surface area contributed by atoms with Crippen molar-refractivity contribution >= 4 is 5.65 Å². The summed E-state index contributed by atoms with van der Waals surface area (Å²) in [6.07, 6.45) is -0.288. The number of rotatable bonds is 2. The van der Waals surface area contributed by atoms with E-state index >= 15 is 0 Å². The summed E-state index contributed by atoms with van der Waals surface area (Å²) in [4.78, 5) is 12.2. The highest BCUT2D eigenvalue weighted by molar-refractivity contribution is 5.42. The number of fused-ring (bicyclic) bond motifs is 1. The second kappa shape index (κ2) is 4.37. The Kier molecular flexibility index (Phi) is 2.81. The van der Waals surface area contributed by atoms with Crippen LogP contribution in [0.15, 0.2) is 11.0 Å². The molecule has 1 aliphatic rings. The molecule has 3 heterocycles. The molecule has 102 valence electrons. The highest BCUT2D eigenvalue weighted by Crippen LogP contribution is 2.27. The van der Waals surface area contributed by atoms with Crippen molar-refractivity contribution < 1.29 is 14.9 Å². The Balaban J connectivity index is 2.07. The van der Waals surface area contributed by atoms with E-state index in [0.717, 1.165) is 10.1 Å². The van der Waals surface area contributed by atoms with E-state index in [2.05, 4.69) is 15.5 Å². The van der Waals surface area contributed by atoms with Crippen LogP contribution in [0.1, 0.15) is 18.2 Å². The summed E-state index contributed by atoms with van der Waals surface area (Å²) in [5.74, 6) is 0. The lowest BCUT2D eigenvalue weighted by molar-refractivity contribution is -0.0461. The largest absolute Gasteiger partial charge is 0.394 e. The van der Waals surface area contributed by atoms with E-state index in [1.54, 1.807) is 13.1 Å². The molecule has 19 heavy (non-hydrogen) atoms. The fourth-order valence-electron chi connectivity index (χ4n) is 2.25. The number of aliphatic hydroxyl groups is 2. The van der Waals surface area contributed by atoms with Gasteiger partial charge >= 0.3 is 5.69 Å². The Labute approximate surface area is 107 Å². The van der Waals surface area contributed by atoms with E-state index in [4.69, 9.17) is 9.84 Å². The third-order valence-corrected chi connectivity index (χ3v) is 3.25. The molecule has 0 bridgehead atoms. The average Bonchev–Trinajstić information content (AvgIpc) is 3.00. The molecular weight excluding hydrogens is 254 g/mol. The molecule has 3 atom stereocenters. The van der Waals surface area contributed by atoms with Crippen LogP contribution in [-0.4, -0.2) is 53.6 Å². The molecule has 1 fully saturated rings. The molecule has 1 aliphatic heterocycles. The first-order valence-corrected chi connectivity index (χ1v) is 5.86. The number of ether oxygens (including phenoxy) is 1. The number of aliphatic hydroxyl groups excluding tert-OH is 2. The number of aryl methyl sites for hydroxylation is 1. The predicted molar refractivity (Wildman–Crippen MR) is 61.4 cm³/mol. The SMILES string of the molecule is Cc1cn(C2CC(O)C(CO)O2)c(=O)n2nnnc12. The van der Waals surface area contributed by atoms with Crippen molar-refractivity contribution in [2.24, 2.45) is 0 Å². The molecule has 1 saturated heterocycles. The molecule has 9 nitrogen and oxygen atoms in total. The van der Waals surface area contributed by atoms with Crippen LogP contribution >= 0.6 is 0 Å². The summed E-state index contributed by atoms with van der Waals surface area (Å²) in [7, 11) is 0. The van der Waals surface area contributed by atoms with Gasteiger partial charge in [-0.2, -0.15) is 0 Å². The number of tetrazole rings is 1. The standard InChI is InChI=1S/C10H13N5O4/c1-5-3-14(8-2-6(17)7(4-16)19-8)10(18)15-9(5)11-12-13-15/h3,6-8,16-17H,2,4H2,1H3. The topological polar surface area (TPSA) is 115 Å². The molecule has 0 saturated carbocycles. The Morgan fingerprint density at radius 1 is 1.58 bits per heavy atom. The van der Waals surface area contributed by atoms with Crippen LogP contribution in [0.4, 0.5) is 0 Å². The molecule has 2 N–H and O–H groups in total. The lowest BCUT2D eigenvalue weighted by Gasteiger charge is -2.15. The molecule has 0 aliphatic carbocycles. The maximum absolute atomic E-state index is 12.2. The Hall–Kier alpha value is -1.84. The van der Waals surface area contributed by atoms with Crippen molar-refractivity contribution in [1.82, 2.24) is 24.6 Å². The number of nitrogens with zero attached hydrogens (tertiary/aromatic N) is 5. The van der Waals surface area contributed by atoms with Crippen LogP contribution < -0.4 is 5.69 Å². The predicted octanol–water partition coefficient (Wildman–Crippen LogP) is -1.76. The maximum atomic E-state index is 12.2. The summed E-state index contributed by atoms with van der Waals surface area (Å²) in [5, 5.41) is 29.6. The van der Waals surface area contributed by atoms with E-state index in [0.29, 0.717) is 5.65 Å². The minimum absolute atomic E-state index is 0.234. The van der Waals surface area contributed by atoms with Crippen LogP contribution in [0.25, 0.3) is 5.65 Å². The van der Waals surface area contributed by atoms with Gasteiger partial charge < -0.3 is 14.9 Å². The molecule has 3 unspecified atom stereocenters. The number of hydrogen-bond acceptors (Lipinski definition) is 7. The number of aromatic nitrogens is 5. The zero-order valence-electron chi connectivity index (χ0n) is 10.2.